The van der Waals surface area contributed by atoms with Crippen LogP contribution in [-0.4, -0.2) is 76.7 Å². The number of carbonyl (C=O) groups excluding carboxylic acids is 1. The molecule has 0 saturated heterocycles. The molecule has 0 aliphatic carbocycles. The number of carbonyl (C=O) groups is 1. The Labute approximate surface area is 190 Å². The van der Waals surface area contributed by atoms with Crippen LogP contribution >= 0.6 is 7.82 Å². The highest BCUT2D eigenvalue weighted by atomic mass is 31.2. The van der Waals surface area contributed by atoms with Crippen LogP contribution in [0.15, 0.2) is 6.20 Å². The van der Waals surface area contributed by atoms with Crippen molar-refractivity contribution in [2.75, 3.05) is 33.0 Å². The van der Waals surface area contributed by atoms with Gasteiger partial charge in [-0.25, -0.2) is 9.25 Å². The van der Waals surface area contributed by atoms with Crippen LogP contribution in [0.5, 0.6) is 0 Å². The molecule has 1 rings (SSSR count). The van der Waals surface area contributed by atoms with E-state index in [4.69, 9.17) is 19.3 Å². The molecule has 1 aromatic heterocycles. The molecule has 1 heterocycles. The van der Waals surface area contributed by atoms with Gasteiger partial charge in [0.05, 0.1) is 38.7 Å². The van der Waals surface area contributed by atoms with E-state index in [2.05, 4.69) is 14.8 Å². The molecule has 0 fully saturated rings. The minimum atomic E-state index is -4.39. The van der Waals surface area contributed by atoms with Gasteiger partial charge in [-0.3, -0.25) is 9.32 Å². The highest BCUT2D eigenvalue weighted by molar-refractivity contribution is 7.46. The minimum Gasteiger partial charge on any atom is -0.432 e. The second kappa shape index (κ2) is 15.8. The minimum absolute atomic E-state index is 0.00895. The maximum Gasteiger partial charge on any atom is 0.469 e. The van der Waals surface area contributed by atoms with E-state index in [1.165, 1.54) is 0 Å². The van der Waals surface area contributed by atoms with Gasteiger partial charge in [-0.15, -0.1) is 5.10 Å². The topological polar surface area (TPSA) is 153 Å². The van der Waals surface area contributed by atoms with Crippen molar-refractivity contribution >= 4 is 21.9 Å². The molecule has 13 heteroatoms. The lowest BCUT2D eigenvalue weighted by Gasteiger charge is -2.12. The molecule has 0 atom stereocenters. The Hall–Kier alpha value is -0.983. The lowest BCUT2D eigenvalue weighted by Crippen LogP contribution is -2.24. The molecular formula is C19H38N3O8PSi. The number of aromatic nitrogens is 3. The van der Waals surface area contributed by atoms with Gasteiger partial charge in [0.2, 0.25) is 0 Å². The number of hydrogen-bond donors (Lipinski definition) is 3. The molecular weight excluding hydrogens is 457 g/mol. The summed E-state index contributed by atoms with van der Waals surface area (Å²) in [6.45, 7) is 6.29. The van der Waals surface area contributed by atoms with Crippen molar-refractivity contribution in [2.24, 2.45) is 0 Å². The van der Waals surface area contributed by atoms with Crippen molar-refractivity contribution in [1.29, 1.82) is 0 Å². The predicted octanol–water partition coefficient (Wildman–Crippen LogP) is 2.07. The average Bonchev–Trinajstić information content (AvgIpc) is 3.12. The van der Waals surface area contributed by atoms with Crippen molar-refractivity contribution in [3.8, 4) is 0 Å². The third-order valence-electron chi connectivity index (χ3n) is 4.50. The average molecular weight is 496 g/mol. The van der Waals surface area contributed by atoms with Crippen molar-refractivity contribution < 1.29 is 37.9 Å². The zero-order valence-electron chi connectivity index (χ0n) is 19.1. The molecule has 0 amide bonds. The maximum absolute atomic E-state index is 11.8. The summed E-state index contributed by atoms with van der Waals surface area (Å²) in [5, 5.41) is 8.08. The summed E-state index contributed by atoms with van der Waals surface area (Å²) in [7, 11) is -6.43. The quantitative estimate of drug-likeness (QED) is 0.139. The van der Waals surface area contributed by atoms with Crippen LogP contribution in [0.4, 0.5) is 0 Å². The van der Waals surface area contributed by atoms with Crippen molar-refractivity contribution in [2.45, 2.75) is 70.6 Å². The number of nitrogens with zero attached hydrogens (tertiary/aromatic N) is 3. The van der Waals surface area contributed by atoms with Crippen LogP contribution in [-0.2, 0) is 36.3 Å². The predicted molar refractivity (Wildman–Crippen MR) is 121 cm³/mol. The largest absolute Gasteiger partial charge is 0.469 e. The summed E-state index contributed by atoms with van der Waals surface area (Å²) in [6.07, 6.45) is 6.22. The van der Waals surface area contributed by atoms with Gasteiger partial charge >= 0.3 is 7.82 Å². The van der Waals surface area contributed by atoms with Crippen molar-refractivity contribution in [3.63, 3.8) is 0 Å². The molecule has 0 radical (unpaired) electrons. The van der Waals surface area contributed by atoms with E-state index in [-0.39, 0.29) is 12.4 Å². The first-order valence-electron chi connectivity index (χ1n) is 11.0. The van der Waals surface area contributed by atoms with Crippen LogP contribution < -0.4 is 0 Å². The number of ketones is 1. The molecule has 0 aromatic carbocycles. The van der Waals surface area contributed by atoms with Gasteiger partial charge in [0.15, 0.2) is 8.32 Å². The van der Waals surface area contributed by atoms with Crippen molar-refractivity contribution in [1.82, 2.24) is 15.0 Å². The second-order valence-electron chi connectivity index (χ2n) is 8.29. The van der Waals surface area contributed by atoms with E-state index in [1.54, 1.807) is 4.68 Å². The van der Waals surface area contributed by atoms with E-state index < -0.39 is 16.1 Å². The number of Topliss-reactive ketones (excluding diaryl/α,β-unsaturated/α-hetero) is 1. The molecule has 186 valence electrons. The van der Waals surface area contributed by atoms with E-state index in [0.29, 0.717) is 71.5 Å². The van der Waals surface area contributed by atoms with Crippen LogP contribution in [0, 0.1) is 0 Å². The van der Waals surface area contributed by atoms with Gasteiger partial charge in [0.25, 0.3) is 0 Å². The Morgan fingerprint density at radius 2 is 1.72 bits per heavy atom. The van der Waals surface area contributed by atoms with Gasteiger partial charge in [-0.2, -0.15) is 0 Å². The zero-order chi connectivity index (χ0) is 23.9. The van der Waals surface area contributed by atoms with Crippen molar-refractivity contribution in [3.05, 3.63) is 11.9 Å². The van der Waals surface area contributed by atoms with Gasteiger partial charge < -0.3 is 24.1 Å². The Balaban J connectivity index is 1.94. The summed E-state index contributed by atoms with van der Waals surface area (Å²) < 4.78 is 27.6. The fraction of sp³-hybridized carbons (Fsp3) is 0.842. The highest BCUT2D eigenvalue weighted by Crippen LogP contribution is 2.35. The maximum atomic E-state index is 11.8. The highest BCUT2D eigenvalue weighted by Gasteiger charge is 2.16. The molecule has 0 unspecified atom stereocenters. The second-order valence-corrected chi connectivity index (χ2v) is 13.7. The molecule has 3 N–H and O–H groups in total. The smallest absolute Gasteiger partial charge is 0.432 e. The molecule has 0 aliphatic heterocycles. The number of rotatable bonds is 20. The Morgan fingerprint density at radius 1 is 1.03 bits per heavy atom. The van der Waals surface area contributed by atoms with Gasteiger partial charge in [-0.1, -0.05) is 5.21 Å². The molecule has 32 heavy (non-hydrogen) atoms. The summed E-state index contributed by atoms with van der Waals surface area (Å²) >= 11 is 0. The first-order chi connectivity index (χ1) is 15.1. The van der Waals surface area contributed by atoms with E-state index >= 15 is 0 Å². The molecule has 1 aromatic rings. The van der Waals surface area contributed by atoms with Gasteiger partial charge in [0.1, 0.15) is 5.78 Å². The number of ether oxygens (including phenoxy) is 2. The monoisotopic (exact) mass is 495 g/mol. The zero-order valence-corrected chi connectivity index (χ0v) is 21.0. The third kappa shape index (κ3) is 17.6. The summed E-state index contributed by atoms with van der Waals surface area (Å²) in [6, 6.07) is 0.764. The molecule has 0 bridgehead atoms. The number of phosphoric acid groups is 1. The summed E-state index contributed by atoms with van der Waals surface area (Å²) in [4.78, 5) is 38.7. The normalized spacial score (nSPS) is 12.4. The molecule has 11 nitrogen and oxygen atoms in total. The van der Waals surface area contributed by atoms with Gasteiger partial charge in [-0.05, 0) is 51.2 Å². The lowest BCUT2D eigenvalue weighted by atomic mass is 10.1. The Bertz CT molecular complexity index is 692. The molecule has 0 aliphatic rings. The van der Waals surface area contributed by atoms with E-state index in [9.17, 15) is 14.2 Å². The SMILES string of the molecule is C[Si](C)(O)CCCC(=O)CCCOCCOCCn1cc(CCCCOP(=O)(O)O)nn1. The van der Waals surface area contributed by atoms with Crippen LogP contribution in [0.3, 0.4) is 0 Å². The van der Waals surface area contributed by atoms with Crippen LogP contribution in [0.1, 0.15) is 44.2 Å². The number of phosphoric ester groups is 1. The van der Waals surface area contributed by atoms with E-state index in [1.807, 2.05) is 19.3 Å². The molecule has 0 spiro atoms. The Kier molecular flexibility index (Phi) is 14.3. The third-order valence-corrected chi connectivity index (χ3v) is 6.59. The first-order valence-corrected chi connectivity index (χ1v) is 15.7. The van der Waals surface area contributed by atoms with Crippen LogP contribution in [0.2, 0.25) is 19.1 Å². The Morgan fingerprint density at radius 3 is 2.41 bits per heavy atom. The standard InChI is InChI=1S/C19H38N3O8PSi/c1-32(2,27)16-6-9-19(23)8-5-11-28-14-15-29-13-10-22-17-18(20-21-22)7-3-4-12-30-31(24,25)26/h17,27H,3-16H2,1-2H3,(H2,24,25,26). The summed E-state index contributed by atoms with van der Waals surface area (Å²) in [5.74, 6) is 0.227. The fourth-order valence-corrected chi connectivity index (χ4v) is 4.26. The van der Waals surface area contributed by atoms with Gasteiger partial charge in [0, 0.05) is 25.6 Å². The van der Waals surface area contributed by atoms with Crippen LogP contribution in [0.25, 0.3) is 0 Å². The fourth-order valence-electron chi connectivity index (χ4n) is 2.85. The number of unbranched alkanes of at least 4 members (excludes halogenated alkanes) is 1. The first kappa shape index (κ1) is 29.0. The number of hydrogen-bond acceptors (Lipinski definition) is 8. The van der Waals surface area contributed by atoms with E-state index in [0.717, 1.165) is 18.2 Å². The number of aryl methyl sites for hydroxylation is 1. The lowest BCUT2D eigenvalue weighted by molar-refractivity contribution is -0.119. The molecule has 0 saturated carbocycles. The summed E-state index contributed by atoms with van der Waals surface area (Å²) in [5.41, 5.74) is 0.807.